The van der Waals surface area contributed by atoms with Gasteiger partial charge in [-0.15, -0.1) is 53.6 Å². The van der Waals surface area contributed by atoms with E-state index in [9.17, 15) is 0 Å². The van der Waals surface area contributed by atoms with Crippen molar-refractivity contribution in [2.24, 2.45) is 5.41 Å². The third-order valence-electron chi connectivity index (χ3n) is 9.74. The molecule has 0 N–H and O–H groups in total. The fourth-order valence-corrected chi connectivity index (χ4v) is 9.08. The van der Waals surface area contributed by atoms with Gasteiger partial charge in [-0.05, 0) is 72.8 Å². The van der Waals surface area contributed by atoms with Gasteiger partial charge in [-0.1, -0.05) is 118 Å². The topological polar surface area (TPSA) is 43.9 Å². The van der Waals surface area contributed by atoms with Crippen LogP contribution in [0.15, 0.2) is 108 Å². The SMILES string of the molecule is Cc1c[c-]c(-c2cc(CC(C)(C)C)c([Si](C)(C)C)cn2)cc1.Cc1cc(C)c(-n2c(-c3[c-]ccc4c3oc3ccccc34)nc3ccccc32)c(C)c1.[Ir]. The number of fused-ring (bicyclic) bond motifs is 4. The molecule has 5 aromatic carbocycles. The first-order valence-electron chi connectivity index (χ1n) is 18.5. The molecule has 0 aliphatic heterocycles. The molecule has 0 atom stereocenters. The minimum Gasteiger partial charge on any atom is -0.501 e. The number of furan rings is 1. The molecule has 54 heavy (non-hydrogen) atoms. The summed E-state index contributed by atoms with van der Waals surface area (Å²) in [7, 11) is -1.38. The van der Waals surface area contributed by atoms with Gasteiger partial charge in [0, 0.05) is 37.4 Å². The van der Waals surface area contributed by atoms with Gasteiger partial charge in [0.05, 0.1) is 30.5 Å². The van der Waals surface area contributed by atoms with Crippen molar-refractivity contribution in [2.45, 2.75) is 74.5 Å². The summed E-state index contributed by atoms with van der Waals surface area (Å²) >= 11 is 0. The summed E-state index contributed by atoms with van der Waals surface area (Å²) in [5, 5.41) is 3.68. The van der Waals surface area contributed by atoms with Crippen molar-refractivity contribution in [3.8, 4) is 28.3 Å². The summed E-state index contributed by atoms with van der Waals surface area (Å²) < 4.78 is 8.58. The van der Waals surface area contributed by atoms with E-state index in [2.05, 4.69) is 152 Å². The second kappa shape index (κ2) is 15.3. The monoisotopic (exact) mass is 904 g/mol. The first-order chi connectivity index (χ1) is 25.2. The van der Waals surface area contributed by atoms with E-state index in [1.165, 1.54) is 33.0 Å². The Balaban J connectivity index is 0.000000193. The van der Waals surface area contributed by atoms with Gasteiger partial charge in [0.2, 0.25) is 0 Å². The molecule has 0 saturated heterocycles. The van der Waals surface area contributed by atoms with Gasteiger partial charge in [0.1, 0.15) is 5.58 Å². The van der Waals surface area contributed by atoms with E-state index in [0.717, 1.165) is 67.7 Å². The van der Waals surface area contributed by atoms with Crippen molar-refractivity contribution in [2.75, 3.05) is 0 Å². The van der Waals surface area contributed by atoms with Crippen LogP contribution in [-0.4, -0.2) is 22.6 Å². The number of aryl methyl sites for hydroxylation is 4. The molecule has 0 amide bonds. The van der Waals surface area contributed by atoms with Crippen molar-refractivity contribution >= 4 is 46.2 Å². The van der Waals surface area contributed by atoms with E-state index in [4.69, 9.17) is 14.4 Å². The predicted molar refractivity (Wildman–Crippen MR) is 226 cm³/mol. The van der Waals surface area contributed by atoms with E-state index >= 15 is 0 Å². The summed E-state index contributed by atoms with van der Waals surface area (Å²) in [6.45, 7) is 22.7. The normalized spacial score (nSPS) is 11.8. The smallest absolute Gasteiger partial charge is 0.120 e. The number of hydrogen-bond acceptors (Lipinski definition) is 3. The molecule has 0 aliphatic rings. The maximum atomic E-state index is 6.32. The number of benzene rings is 5. The van der Waals surface area contributed by atoms with Crippen molar-refractivity contribution in [1.82, 2.24) is 14.5 Å². The third kappa shape index (κ3) is 7.93. The molecule has 0 spiro atoms. The molecular formula is C48H49IrN3OSi-2. The van der Waals surface area contributed by atoms with Crippen LogP contribution >= 0.6 is 0 Å². The maximum Gasteiger partial charge on any atom is 0.120 e. The fraction of sp³-hybridized carbons (Fsp3) is 0.250. The molecule has 0 fully saturated rings. The predicted octanol–water partition coefficient (Wildman–Crippen LogP) is 12.3. The fourth-order valence-electron chi connectivity index (χ4n) is 7.50. The zero-order chi connectivity index (χ0) is 37.7. The summed E-state index contributed by atoms with van der Waals surface area (Å²) in [5.74, 6) is 0.848. The summed E-state index contributed by atoms with van der Waals surface area (Å²) in [6.07, 6.45) is 3.21. The van der Waals surface area contributed by atoms with Crippen molar-refractivity contribution in [3.63, 3.8) is 0 Å². The Hall–Kier alpha value is -4.61. The van der Waals surface area contributed by atoms with Crippen LogP contribution in [0.25, 0.3) is 61.3 Å². The van der Waals surface area contributed by atoms with Gasteiger partial charge in [-0.2, -0.15) is 0 Å². The first kappa shape index (κ1) is 39.1. The third-order valence-corrected chi connectivity index (χ3v) is 11.8. The van der Waals surface area contributed by atoms with E-state index in [-0.39, 0.29) is 25.5 Å². The van der Waals surface area contributed by atoms with Crippen LogP contribution in [0.3, 0.4) is 0 Å². The Morgan fingerprint density at radius 3 is 2.17 bits per heavy atom. The molecule has 1 radical (unpaired) electrons. The summed E-state index contributed by atoms with van der Waals surface area (Å²) in [4.78, 5) is 9.80. The van der Waals surface area contributed by atoms with E-state index < -0.39 is 8.07 Å². The molecule has 6 heteroatoms. The van der Waals surface area contributed by atoms with Crippen LogP contribution in [0.1, 0.15) is 48.6 Å². The van der Waals surface area contributed by atoms with Crippen LogP contribution < -0.4 is 5.19 Å². The molecule has 8 aromatic rings. The Morgan fingerprint density at radius 2 is 1.48 bits per heavy atom. The number of pyridine rings is 1. The average Bonchev–Trinajstić information content (AvgIpc) is 3.66. The minimum atomic E-state index is -1.38. The van der Waals surface area contributed by atoms with Crippen molar-refractivity contribution in [1.29, 1.82) is 0 Å². The number of rotatable bonds is 5. The molecule has 277 valence electrons. The summed E-state index contributed by atoms with van der Waals surface area (Å²) in [5.41, 5.74) is 14.6. The molecule has 3 aromatic heterocycles. The van der Waals surface area contributed by atoms with E-state index in [1.54, 1.807) is 0 Å². The molecule has 0 unspecified atom stereocenters. The van der Waals surface area contributed by atoms with Crippen molar-refractivity contribution in [3.05, 3.63) is 143 Å². The van der Waals surface area contributed by atoms with Gasteiger partial charge in [-0.25, -0.2) is 0 Å². The zero-order valence-electron chi connectivity index (χ0n) is 33.1. The minimum absolute atomic E-state index is 0. The van der Waals surface area contributed by atoms with Crippen LogP contribution in [0.5, 0.6) is 0 Å². The van der Waals surface area contributed by atoms with E-state index in [1.807, 2.05) is 36.4 Å². The number of para-hydroxylation sites is 3. The number of nitrogens with zero attached hydrogens (tertiary/aromatic N) is 3. The molecule has 0 saturated carbocycles. The van der Waals surface area contributed by atoms with Gasteiger partial charge < -0.3 is 14.0 Å². The molecule has 0 bridgehead atoms. The number of aromatic nitrogens is 3. The average molecular weight is 904 g/mol. The molecule has 3 heterocycles. The van der Waals surface area contributed by atoms with Gasteiger partial charge in [0.25, 0.3) is 0 Å². The first-order valence-corrected chi connectivity index (χ1v) is 22.0. The Kier molecular flexibility index (Phi) is 11.0. The maximum absolute atomic E-state index is 6.32. The molecular weight excluding hydrogens is 855 g/mol. The van der Waals surface area contributed by atoms with Crippen LogP contribution in [0.4, 0.5) is 0 Å². The molecule has 8 rings (SSSR count). The zero-order valence-corrected chi connectivity index (χ0v) is 36.5. The van der Waals surface area contributed by atoms with Gasteiger partial charge >= 0.3 is 0 Å². The van der Waals surface area contributed by atoms with Crippen LogP contribution in [0, 0.1) is 45.2 Å². The van der Waals surface area contributed by atoms with Gasteiger partial charge in [0.15, 0.2) is 0 Å². The Bertz CT molecular complexity index is 2580. The van der Waals surface area contributed by atoms with Crippen LogP contribution in [0.2, 0.25) is 19.6 Å². The van der Waals surface area contributed by atoms with Crippen molar-refractivity contribution < 1.29 is 24.5 Å². The second-order valence-corrected chi connectivity index (χ2v) is 21.7. The van der Waals surface area contributed by atoms with Crippen LogP contribution in [-0.2, 0) is 26.5 Å². The Morgan fingerprint density at radius 1 is 0.778 bits per heavy atom. The number of hydrogen-bond donors (Lipinski definition) is 0. The second-order valence-electron chi connectivity index (χ2n) is 16.7. The van der Waals surface area contributed by atoms with E-state index in [0.29, 0.717) is 0 Å². The summed E-state index contributed by atoms with van der Waals surface area (Å²) in [6, 6.07) is 40.3. The quantitative estimate of drug-likeness (QED) is 0.128. The number of imidazole rings is 1. The standard InChI is InChI=1S/C28H21N2O.C20H28NSi.Ir/c1-17-15-18(2)26(19(3)16-17)30-24-13-6-5-12-23(24)29-28(30)22-11-8-10-21-20-9-4-7-14-25(20)31-27(21)22;1-15-8-10-16(11-9-15)18-12-17(13-20(2,3)4)19(14-21-18)22(5,6)7;/h4-10,12-16H,1-3H3;8-10,12,14H,13H2,1-7H3;/q2*-1;. The molecule has 4 nitrogen and oxygen atoms in total. The largest absolute Gasteiger partial charge is 0.501 e. The molecule has 0 aliphatic carbocycles. The van der Waals surface area contributed by atoms with Gasteiger partial charge in [-0.3, -0.25) is 4.98 Å². The Labute approximate surface area is 335 Å².